The topological polar surface area (TPSA) is 35.8 Å². The molecular weight excluding hydrogens is 276 g/mol. The van der Waals surface area contributed by atoms with Gasteiger partial charge in [-0.2, -0.15) is 5.26 Å². The molecule has 2 unspecified atom stereocenters. The van der Waals surface area contributed by atoms with Gasteiger partial charge in [-0.05, 0) is 62.3 Å². The van der Waals surface area contributed by atoms with Crippen LogP contribution < -0.4 is 5.32 Å². The number of nitriles is 1. The van der Waals surface area contributed by atoms with Gasteiger partial charge in [0.05, 0.1) is 6.07 Å². The molecule has 3 rings (SSSR count). The van der Waals surface area contributed by atoms with Crippen LogP contribution >= 0.6 is 11.8 Å². The molecule has 2 fully saturated rings. The molecular formula is C18H24N2S. The van der Waals surface area contributed by atoms with Gasteiger partial charge in [0, 0.05) is 10.9 Å². The summed E-state index contributed by atoms with van der Waals surface area (Å²) < 4.78 is 0. The van der Waals surface area contributed by atoms with Gasteiger partial charge in [-0.1, -0.05) is 24.6 Å². The lowest BCUT2D eigenvalue weighted by Crippen LogP contribution is -2.48. The fourth-order valence-electron chi connectivity index (χ4n) is 3.46. The van der Waals surface area contributed by atoms with Gasteiger partial charge in [0.2, 0.25) is 0 Å². The van der Waals surface area contributed by atoms with E-state index in [1.807, 2.05) is 11.8 Å². The van der Waals surface area contributed by atoms with E-state index in [2.05, 4.69) is 42.6 Å². The van der Waals surface area contributed by atoms with Crippen LogP contribution in [0.5, 0.6) is 0 Å². The lowest BCUT2D eigenvalue weighted by Gasteiger charge is -2.30. The zero-order valence-corrected chi connectivity index (χ0v) is 13.6. The summed E-state index contributed by atoms with van der Waals surface area (Å²) in [6, 6.07) is 11.8. The van der Waals surface area contributed by atoms with Gasteiger partial charge in [-0.25, -0.2) is 0 Å². The number of nitrogens with one attached hydrogen (secondary N) is 1. The third kappa shape index (κ3) is 3.44. The summed E-state index contributed by atoms with van der Waals surface area (Å²) in [5, 5.41) is 13.4. The van der Waals surface area contributed by atoms with Crippen LogP contribution in [0.3, 0.4) is 0 Å². The number of nitrogens with zero attached hydrogens (tertiary/aromatic N) is 1. The molecule has 3 heteroatoms. The molecule has 0 spiro atoms. The molecule has 1 aromatic rings. The van der Waals surface area contributed by atoms with Crippen molar-refractivity contribution in [2.45, 2.75) is 61.9 Å². The van der Waals surface area contributed by atoms with E-state index < -0.39 is 0 Å². The van der Waals surface area contributed by atoms with Crippen molar-refractivity contribution in [3.05, 3.63) is 29.8 Å². The van der Waals surface area contributed by atoms with Crippen molar-refractivity contribution in [2.24, 2.45) is 5.92 Å². The SMILES string of the molecule is Cc1ccccc1SCCC1CCCC1(C#N)NC1CC1. The summed E-state index contributed by atoms with van der Waals surface area (Å²) in [5.41, 5.74) is 1.13. The molecule has 0 aliphatic heterocycles. The number of rotatable bonds is 6. The first-order chi connectivity index (χ1) is 10.2. The summed E-state index contributed by atoms with van der Waals surface area (Å²) in [6.45, 7) is 2.17. The minimum Gasteiger partial charge on any atom is -0.296 e. The van der Waals surface area contributed by atoms with E-state index in [0.29, 0.717) is 12.0 Å². The number of aryl methyl sites for hydroxylation is 1. The maximum Gasteiger partial charge on any atom is 0.109 e. The average Bonchev–Trinajstić information content (AvgIpc) is 3.21. The van der Waals surface area contributed by atoms with Crippen LogP contribution in [-0.2, 0) is 0 Å². The third-order valence-electron chi connectivity index (χ3n) is 4.88. The van der Waals surface area contributed by atoms with E-state index in [9.17, 15) is 5.26 Å². The predicted molar refractivity (Wildman–Crippen MR) is 88.4 cm³/mol. The van der Waals surface area contributed by atoms with Gasteiger partial charge in [-0.3, -0.25) is 5.32 Å². The highest BCUT2D eigenvalue weighted by Gasteiger charge is 2.45. The fourth-order valence-corrected chi connectivity index (χ4v) is 4.55. The minimum atomic E-state index is -0.229. The first kappa shape index (κ1) is 14.9. The zero-order chi connectivity index (χ0) is 14.7. The standard InChI is InChI=1S/C18H24N2S/c1-14-5-2-3-7-17(14)21-12-10-15-6-4-11-18(15,13-19)20-16-8-9-16/h2-3,5,7,15-16,20H,4,6,8-12H2,1H3. The van der Waals surface area contributed by atoms with Crippen LogP contribution in [0.15, 0.2) is 29.2 Å². The Morgan fingerprint density at radius 2 is 2.14 bits per heavy atom. The monoisotopic (exact) mass is 300 g/mol. The fraction of sp³-hybridized carbons (Fsp3) is 0.611. The van der Waals surface area contributed by atoms with Gasteiger partial charge >= 0.3 is 0 Å². The van der Waals surface area contributed by atoms with Crippen LogP contribution in [0.25, 0.3) is 0 Å². The van der Waals surface area contributed by atoms with E-state index in [0.717, 1.165) is 18.6 Å². The van der Waals surface area contributed by atoms with Crippen LogP contribution in [-0.4, -0.2) is 17.3 Å². The summed E-state index contributed by atoms with van der Waals surface area (Å²) >= 11 is 1.94. The molecule has 0 bridgehead atoms. The Morgan fingerprint density at radius 3 is 2.86 bits per heavy atom. The Labute approximate surface area is 132 Å². The molecule has 0 heterocycles. The van der Waals surface area contributed by atoms with Crippen LogP contribution in [0.1, 0.15) is 44.1 Å². The van der Waals surface area contributed by atoms with E-state index in [1.165, 1.54) is 36.1 Å². The van der Waals surface area contributed by atoms with E-state index in [1.54, 1.807) is 0 Å². The lowest BCUT2D eigenvalue weighted by molar-refractivity contribution is 0.308. The number of hydrogen-bond donors (Lipinski definition) is 1. The third-order valence-corrected chi connectivity index (χ3v) is 6.09. The molecule has 2 saturated carbocycles. The highest BCUT2D eigenvalue weighted by molar-refractivity contribution is 7.99. The Hall–Kier alpha value is -0.980. The highest BCUT2D eigenvalue weighted by atomic mass is 32.2. The number of benzene rings is 1. The van der Waals surface area contributed by atoms with Gasteiger partial charge in [0.15, 0.2) is 0 Å². The summed E-state index contributed by atoms with van der Waals surface area (Å²) in [7, 11) is 0. The Balaban J connectivity index is 1.56. The first-order valence-electron chi connectivity index (χ1n) is 8.11. The van der Waals surface area contributed by atoms with Crippen LogP contribution in [0.4, 0.5) is 0 Å². The van der Waals surface area contributed by atoms with Gasteiger partial charge in [0.25, 0.3) is 0 Å². The Kier molecular flexibility index (Phi) is 4.57. The molecule has 0 radical (unpaired) electrons. The van der Waals surface area contributed by atoms with E-state index in [4.69, 9.17) is 0 Å². The van der Waals surface area contributed by atoms with Crippen molar-refractivity contribution in [1.29, 1.82) is 5.26 Å². The molecule has 0 aromatic heterocycles. The maximum absolute atomic E-state index is 9.70. The molecule has 2 atom stereocenters. The van der Waals surface area contributed by atoms with Crippen molar-refractivity contribution >= 4 is 11.8 Å². The molecule has 21 heavy (non-hydrogen) atoms. The van der Waals surface area contributed by atoms with Gasteiger partial charge in [-0.15, -0.1) is 11.8 Å². The molecule has 2 aliphatic rings. The number of hydrogen-bond acceptors (Lipinski definition) is 3. The lowest BCUT2D eigenvalue weighted by atomic mass is 9.86. The molecule has 112 valence electrons. The number of thioether (sulfide) groups is 1. The van der Waals surface area contributed by atoms with Crippen molar-refractivity contribution in [3.63, 3.8) is 0 Å². The molecule has 2 aliphatic carbocycles. The van der Waals surface area contributed by atoms with Gasteiger partial charge < -0.3 is 0 Å². The highest BCUT2D eigenvalue weighted by Crippen LogP contribution is 2.41. The Morgan fingerprint density at radius 1 is 1.33 bits per heavy atom. The van der Waals surface area contributed by atoms with Gasteiger partial charge in [0.1, 0.15) is 5.54 Å². The van der Waals surface area contributed by atoms with Crippen molar-refractivity contribution in [3.8, 4) is 6.07 Å². The molecule has 0 amide bonds. The predicted octanol–water partition coefficient (Wildman–Crippen LogP) is 4.29. The Bertz CT molecular complexity index is 532. The quantitative estimate of drug-likeness (QED) is 0.796. The summed E-state index contributed by atoms with van der Waals surface area (Å²) in [5.74, 6) is 1.64. The van der Waals surface area contributed by atoms with Crippen molar-refractivity contribution in [1.82, 2.24) is 5.32 Å². The molecule has 1 aromatic carbocycles. The zero-order valence-electron chi connectivity index (χ0n) is 12.8. The minimum absolute atomic E-state index is 0.229. The smallest absolute Gasteiger partial charge is 0.109 e. The van der Waals surface area contributed by atoms with Crippen LogP contribution in [0, 0.1) is 24.2 Å². The largest absolute Gasteiger partial charge is 0.296 e. The normalized spacial score (nSPS) is 28.5. The van der Waals surface area contributed by atoms with E-state index >= 15 is 0 Å². The summed E-state index contributed by atoms with van der Waals surface area (Å²) in [6.07, 6.45) is 7.11. The van der Waals surface area contributed by atoms with Crippen molar-refractivity contribution < 1.29 is 0 Å². The molecule has 0 saturated heterocycles. The second-order valence-corrected chi connectivity index (χ2v) is 7.63. The second-order valence-electron chi connectivity index (χ2n) is 6.49. The average molecular weight is 300 g/mol. The van der Waals surface area contributed by atoms with Crippen molar-refractivity contribution in [2.75, 3.05) is 5.75 Å². The first-order valence-corrected chi connectivity index (χ1v) is 9.09. The second kappa shape index (κ2) is 6.42. The molecule has 2 nitrogen and oxygen atoms in total. The summed E-state index contributed by atoms with van der Waals surface area (Å²) in [4.78, 5) is 1.38. The molecule has 1 N–H and O–H groups in total. The maximum atomic E-state index is 9.70. The van der Waals surface area contributed by atoms with Crippen LogP contribution in [0.2, 0.25) is 0 Å². The van der Waals surface area contributed by atoms with E-state index in [-0.39, 0.29) is 5.54 Å².